The minimum absolute atomic E-state index is 0.157. The van der Waals surface area contributed by atoms with Crippen LogP contribution in [0.2, 0.25) is 0 Å². The molecule has 0 saturated carbocycles. The van der Waals surface area contributed by atoms with Gasteiger partial charge in [-0.2, -0.15) is 0 Å². The highest BCUT2D eigenvalue weighted by Crippen LogP contribution is 2.31. The summed E-state index contributed by atoms with van der Waals surface area (Å²) >= 11 is 0. The van der Waals surface area contributed by atoms with Crippen LogP contribution in [0.5, 0.6) is 11.5 Å². The maximum atomic E-state index is 10.0. The van der Waals surface area contributed by atoms with E-state index < -0.39 is 0 Å². The van der Waals surface area contributed by atoms with Crippen LogP contribution in [0.25, 0.3) is 10.8 Å². The minimum atomic E-state index is 0.157. The Morgan fingerprint density at radius 3 is 2.55 bits per heavy atom. The number of fused-ring (bicyclic) bond motifs is 1. The maximum Gasteiger partial charge on any atom is 0.162 e. The first-order valence-electron chi connectivity index (χ1n) is 6.47. The Hall–Kier alpha value is -2.55. The van der Waals surface area contributed by atoms with E-state index in [1.807, 2.05) is 43.3 Å². The second-order valence-corrected chi connectivity index (χ2v) is 4.83. The van der Waals surface area contributed by atoms with E-state index in [9.17, 15) is 5.11 Å². The van der Waals surface area contributed by atoms with E-state index >= 15 is 0 Å². The monoisotopic (exact) mass is 265 g/mol. The lowest BCUT2D eigenvalue weighted by molar-refractivity contribution is 0.289. The van der Waals surface area contributed by atoms with Crippen LogP contribution in [0.4, 0.5) is 0 Å². The Labute approximate surface area is 117 Å². The van der Waals surface area contributed by atoms with Gasteiger partial charge in [-0.15, -0.1) is 0 Å². The molecule has 3 rings (SSSR count). The van der Waals surface area contributed by atoms with E-state index in [1.54, 1.807) is 18.5 Å². The van der Waals surface area contributed by atoms with Crippen molar-refractivity contribution in [2.45, 2.75) is 13.5 Å². The molecule has 1 aromatic heterocycles. The van der Waals surface area contributed by atoms with Crippen LogP contribution in [0.1, 0.15) is 11.1 Å². The lowest BCUT2D eigenvalue weighted by atomic mass is 10.1. The van der Waals surface area contributed by atoms with Gasteiger partial charge in [0.1, 0.15) is 6.61 Å². The Bertz CT molecular complexity index is 753. The molecule has 0 amide bonds. The molecule has 0 saturated heterocycles. The Kier molecular flexibility index (Phi) is 3.25. The fourth-order valence-corrected chi connectivity index (χ4v) is 2.18. The molecule has 0 spiro atoms. The van der Waals surface area contributed by atoms with Crippen LogP contribution in [0.3, 0.4) is 0 Å². The number of hydrogen-bond acceptors (Lipinski definition) is 3. The fraction of sp³-hybridized carbons (Fsp3) is 0.118. The molecule has 0 atom stereocenters. The van der Waals surface area contributed by atoms with E-state index in [4.69, 9.17) is 4.74 Å². The third-order valence-corrected chi connectivity index (χ3v) is 3.15. The number of nitrogens with zero attached hydrogens (tertiary/aromatic N) is 1. The summed E-state index contributed by atoms with van der Waals surface area (Å²) in [6, 6.07) is 13.5. The van der Waals surface area contributed by atoms with Gasteiger partial charge < -0.3 is 9.84 Å². The van der Waals surface area contributed by atoms with Gasteiger partial charge in [0.25, 0.3) is 0 Å². The van der Waals surface area contributed by atoms with Gasteiger partial charge in [-0.1, -0.05) is 24.3 Å². The average molecular weight is 265 g/mol. The number of phenolic OH excluding ortho intramolecular Hbond substituents is 1. The first kappa shape index (κ1) is 12.5. The topological polar surface area (TPSA) is 42.4 Å². The molecule has 100 valence electrons. The van der Waals surface area contributed by atoms with E-state index in [0.29, 0.717) is 12.4 Å². The van der Waals surface area contributed by atoms with Crippen molar-refractivity contribution < 1.29 is 9.84 Å². The highest BCUT2D eigenvalue weighted by atomic mass is 16.5. The molecule has 0 aliphatic heterocycles. The largest absolute Gasteiger partial charge is 0.504 e. The molecule has 3 heteroatoms. The molecule has 3 aromatic rings. The predicted octanol–water partition coefficient (Wildman–Crippen LogP) is 3.83. The smallest absolute Gasteiger partial charge is 0.162 e. The van der Waals surface area contributed by atoms with E-state index in [0.717, 1.165) is 21.9 Å². The van der Waals surface area contributed by atoms with Crippen LogP contribution >= 0.6 is 0 Å². The molecule has 0 unspecified atom stereocenters. The van der Waals surface area contributed by atoms with Gasteiger partial charge in [-0.05, 0) is 41.5 Å². The van der Waals surface area contributed by atoms with E-state index in [-0.39, 0.29) is 5.75 Å². The zero-order chi connectivity index (χ0) is 13.9. The minimum Gasteiger partial charge on any atom is -0.504 e. The Balaban J connectivity index is 1.85. The number of aromatic hydroxyl groups is 1. The molecular weight excluding hydrogens is 250 g/mol. The number of aryl methyl sites for hydroxylation is 1. The van der Waals surface area contributed by atoms with Crippen LogP contribution in [-0.4, -0.2) is 10.1 Å². The maximum absolute atomic E-state index is 10.0. The summed E-state index contributed by atoms with van der Waals surface area (Å²) in [5.74, 6) is 0.648. The van der Waals surface area contributed by atoms with Crippen molar-refractivity contribution in [1.29, 1.82) is 0 Å². The third kappa shape index (κ3) is 2.57. The molecule has 20 heavy (non-hydrogen) atoms. The highest BCUT2D eigenvalue weighted by Gasteiger charge is 2.05. The van der Waals surface area contributed by atoms with Crippen molar-refractivity contribution >= 4 is 10.8 Å². The molecule has 2 aromatic carbocycles. The van der Waals surface area contributed by atoms with E-state index in [1.165, 1.54) is 0 Å². The van der Waals surface area contributed by atoms with Gasteiger partial charge in [0.2, 0.25) is 0 Å². The molecule has 3 nitrogen and oxygen atoms in total. The molecule has 0 aliphatic rings. The lowest BCUT2D eigenvalue weighted by Gasteiger charge is -2.09. The van der Waals surface area contributed by atoms with Crippen molar-refractivity contribution in [2.24, 2.45) is 0 Å². The number of rotatable bonds is 3. The van der Waals surface area contributed by atoms with Crippen LogP contribution in [0.15, 0.2) is 54.9 Å². The van der Waals surface area contributed by atoms with E-state index in [2.05, 4.69) is 4.98 Å². The quantitative estimate of drug-likeness (QED) is 0.782. The zero-order valence-corrected chi connectivity index (χ0v) is 11.2. The van der Waals surface area contributed by atoms with Gasteiger partial charge in [0, 0.05) is 18.0 Å². The Morgan fingerprint density at radius 2 is 1.80 bits per heavy atom. The number of phenols is 1. The summed E-state index contributed by atoms with van der Waals surface area (Å²) < 4.78 is 5.70. The number of ether oxygens (including phenoxy) is 1. The standard InChI is InChI=1S/C17H15NO2/c1-12-6-13(10-18-9-12)11-20-17-8-15-5-3-2-4-14(15)7-16(17)19/h2-10,19H,11H2,1H3. The SMILES string of the molecule is Cc1cncc(COc2cc3ccccc3cc2O)c1. The van der Waals surface area contributed by atoms with Crippen LogP contribution < -0.4 is 4.74 Å². The van der Waals surface area contributed by atoms with Crippen molar-refractivity contribution in [1.82, 2.24) is 4.98 Å². The second-order valence-electron chi connectivity index (χ2n) is 4.83. The summed E-state index contributed by atoms with van der Waals surface area (Å²) in [6.45, 7) is 2.38. The van der Waals surface area contributed by atoms with Crippen LogP contribution in [0, 0.1) is 6.92 Å². The van der Waals surface area contributed by atoms with Gasteiger partial charge in [-0.3, -0.25) is 4.98 Å². The van der Waals surface area contributed by atoms with Gasteiger partial charge >= 0.3 is 0 Å². The molecule has 0 radical (unpaired) electrons. The molecular formula is C17H15NO2. The van der Waals surface area contributed by atoms with Crippen molar-refractivity contribution in [2.75, 3.05) is 0 Å². The van der Waals surface area contributed by atoms with Crippen molar-refractivity contribution in [3.8, 4) is 11.5 Å². The summed E-state index contributed by atoms with van der Waals surface area (Å²) in [6.07, 6.45) is 3.57. The van der Waals surface area contributed by atoms with Gasteiger partial charge in [0.05, 0.1) is 0 Å². The highest BCUT2D eigenvalue weighted by molar-refractivity contribution is 5.85. The number of benzene rings is 2. The summed E-state index contributed by atoms with van der Waals surface area (Å²) in [5.41, 5.74) is 2.08. The predicted molar refractivity (Wildman–Crippen MR) is 78.9 cm³/mol. The zero-order valence-electron chi connectivity index (χ0n) is 11.2. The third-order valence-electron chi connectivity index (χ3n) is 3.15. The van der Waals surface area contributed by atoms with Gasteiger partial charge in [-0.25, -0.2) is 0 Å². The summed E-state index contributed by atoms with van der Waals surface area (Å²) in [7, 11) is 0. The van der Waals surface area contributed by atoms with Crippen LogP contribution in [-0.2, 0) is 6.61 Å². The lowest BCUT2D eigenvalue weighted by Crippen LogP contribution is -1.97. The summed E-state index contributed by atoms with van der Waals surface area (Å²) in [5, 5.41) is 12.0. The van der Waals surface area contributed by atoms with Gasteiger partial charge in [0.15, 0.2) is 11.5 Å². The second kappa shape index (κ2) is 5.21. The number of hydrogen-bond donors (Lipinski definition) is 1. The number of pyridine rings is 1. The number of aromatic nitrogens is 1. The normalized spacial score (nSPS) is 10.7. The van der Waals surface area contributed by atoms with Crippen molar-refractivity contribution in [3.63, 3.8) is 0 Å². The molecule has 1 heterocycles. The molecule has 0 bridgehead atoms. The summed E-state index contributed by atoms with van der Waals surface area (Å²) in [4.78, 5) is 4.13. The average Bonchev–Trinajstić information content (AvgIpc) is 2.45. The first-order chi connectivity index (χ1) is 9.72. The van der Waals surface area contributed by atoms with Crippen molar-refractivity contribution in [3.05, 3.63) is 66.0 Å². The molecule has 0 fully saturated rings. The molecule has 1 N–H and O–H groups in total. The molecule has 0 aliphatic carbocycles. The fourth-order valence-electron chi connectivity index (χ4n) is 2.18. The first-order valence-corrected chi connectivity index (χ1v) is 6.47. The Morgan fingerprint density at radius 1 is 1.05 bits per heavy atom.